The minimum absolute atomic E-state index is 0.00938. The van der Waals surface area contributed by atoms with E-state index in [1.165, 1.54) is 0 Å². The van der Waals surface area contributed by atoms with Gasteiger partial charge >= 0.3 is 0 Å². The van der Waals surface area contributed by atoms with E-state index in [9.17, 15) is 9.90 Å². The highest BCUT2D eigenvalue weighted by Gasteiger charge is 2.22. The summed E-state index contributed by atoms with van der Waals surface area (Å²) in [5.41, 5.74) is 1.66. The lowest BCUT2D eigenvalue weighted by molar-refractivity contribution is 0.0474. The standard InChI is InChI=1S/C13H16ClNO2/c14-8-10-3-5-11(6-4-10)13(17)15-7-1-2-12(16)9-15/h3-6,12,16H,1-2,7-9H2. The normalized spacial score (nSPS) is 20.4. The van der Waals surface area contributed by atoms with Gasteiger partial charge in [0, 0.05) is 24.5 Å². The zero-order valence-corrected chi connectivity index (χ0v) is 10.4. The van der Waals surface area contributed by atoms with E-state index in [0.29, 0.717) is 18.0 Å². The molecule has 4 heteroatoms. The van der Waals surface area contributed by atoms with Crippen LogP contribution in [0.25, 0.3) is 0 Å². The fourth-order valence-electron chi connectivity index (χ4n) is 2.06. The highest BCUT2D eigenvalue weighted by atomic mass is 35.5. The lowest BCUT2D eigenvalue weighted by Crippen LogP contribution is -2.42. The van der Waals surface area contributed by atoms with Crippen molar-refractivity contribution in [3.05, 3.63) is 35.4 Å². The molecule has 0 saturated carbocycles. The molecule has 1 aliphatic rings. The number of piperidine rings is 1. The number of hydrogen-bond donors (Lipinski definition) is 1. The second-order valence-electron chi connectivity index (χ2n) is 4.38. The van der Waals surface area contributed by atoms with Gasteiger partial charge in [0.25, 0.3) is 5.91 Å². The summed E-state index contributed by atoms with van der Waals surface area (Å²) in [5, 5.41) is 9.55. The first-order chi connectivity index (χ1) is 8.20. The summed E-state index contributed by atoms with van der Waals surface area (Å²) in [6.45, 7) is 1.17. The number of carbonyl (C=O) groups is 1. The summed E-state index contributed by atoms with van der Waals surface area (Å²) in [7, 11) is 0. The second kappa shape index (κ2) is 5.52. The lowest BCUT2D eigenvalue weighted by atomic mass is 10.1. The van der Waals surface area contributed by atoms with Gasteiger partial charge in [-0.25, -0.2) is 0 Å². The number of aliphatic hydroxyl groups is 1. The van der Waals surface area contributed by atoms with Gasteiger partial charge in [-0.05, 0) is 30.5 Å². The summed E-state index contributed by atoms with van der Waals surface area (Å²) in [5.74, 6) is 0.446. The van der Waals surface area contributed by atoms with Gasteiger partial charge in [0.05, 0.1) is 6.10 Å². The third-order valence-corrected chi connectivity index (χ3v) is 3.35. The van der Waals surface area contributed by atoms with Crippen molar-refractivity contribution in [1.29, 1.82) is 0 Å². The average molecular weight is 254 g/mol. The maximum atomic E-state index is 12.1. The molecule has 1 N–H and O–H groups in total. The molecule has 1 atom stereocenters. The van der Waals surface area contributed by atoms with Crippen molar-refractivity contribution in [2.24, 2.45) is 0 Å². The van der Waals surface area contributed by atoms with Crippen molar-refractivity contribution >= 4 is 17.5 Å². The number of halogens is 1. The first-order valence-electron chi connectivity index (χ1n) is 5.83. The van der Waals surface area contributed by atoms with E-state index in [0.717, 1.165) is 24.9 Å². The van der Waals surface area contributed by atoms with Crippen LogP contribution in [0, 0.1) is 0 Å². The van der Waals surface area contributed by atoms with Crippen LogP contribution in [0.2, 0.25) is 0 Å². The number of aliphatic hydroxyl groups excluding tert-OH is 1. The fraction of sp³-hybridized carbons (Fsp3) is 0.462. The van der Waals surface area contributed by atoms with Crippen LogP contribution in [0.3, 0.4) is 0 Å². The van der Waals surface area contributed by atoms with Gasteiger partial charge in [0.15, 0.2) is 0 Å². The maximum absolute atomic E-state index is 12.1. The molecular weight excluding hydrogens is 238 g/mol. The molecule has 0 aliphatic carbocycles. The zero-order valence-electron chi connectivity index (χ0n) is 9.60. The van der Waals surface area contributed by atoms with Crippen LogP contribution in [0.1, 0.15) is 28.8 Å². The number of β-amino-alcohol motifs (C(OH)–C–C–N with tert-alkyl or cyclic N) is 1. The molecule has 1 amide bonds. The first kappa shape index (κ1) is 12.4. The summed E-state index contributed by atoms with van der Waals surface area (Å²) in [6, 6.07) is 7.31. The van der Waals surface area contributed by atoms with E-state index >= 15 is 0 Å². The Kier molecular flexibility index (Phi) is 4.02. The Morgan fingerprint density at radius 1 is 1.41 bits per heavy atom. The van der Waals surface area contributed by atoms with Crippen LogP contribution >= 0.6 is 11.6 Å². The largest absolute Gasteiger partial charge is 0.391 e. The molecule has 0 radical (unpaired) electrons. The van der Waals surface area contributed by atoms with Gasteiger partial charge < -0.3 is 10.0 Å². The smallest absolute Gasteiger partial charge is 0.253 e. The molecule has 3 nitrogen and oxygen atoms in total. The number of alkyl halides is 1. The zero-order chi connectivity index (χ0) is 12.3. The van der Waals surface area contributed by atoms with Gasteiger partial charge in [0.2, 0.25) is 0 Å². The second-order valence-corrected chi connectivity index (χ2v) is 4.65. The molecule has 1 aromatic rings. The van der Waals surface area contributed by atoms with Crippen LogP contribution in [0.5, 0.6) is 0 Å². The number of nitrogens with zero attached hydrogens (tertiary/aromatic N) is 1. The van der Waals surface area contributed by atoms with Crippen molar-refractivity contribution < 1.29 is 9.90 Å². The number of likely N-dealkylation sites (tertiary alicyclic amines) is 1. The molecule has 1 aliphatic heterocycles. The van der Waals surface area contributed by atoms with Crippen LogP contribution in [0.15, 0.2) is 24.3 Å². The van der Waals surface area contributed by atoms with Crippen LogP contribution in [-0.4, -0.2) is 35.1 Å². The number of amides is 1. The number of hydrogen-bond acceptors (Lipinski definition) is 2. The molecular formula is C13H16ClNO2. The lowest BCUT2D eigenvalue weighted by Gasteiger charge is -2.30. The van der Waals surface area contributed by atoms with Crippen molar-refractivity contribution in [3.8, 4) is 0 Å². The van der Waals surface area contributed by atoms with E-state index in [-0.39, 0.29) is 12.0 Å². The molecule has 1 aromatic carbocycles. The average Bonchev–Trinajstić information content (AvgIpc) is 2.38. The summed E-state index contributed by atoms with van der Waals surface area (Å²) < 4.78 is 0. The molecule has 1 fully saturated rings. The van der Waals surface area contributed by atoms with Crippen LogP contribution in [-0.2, 0) is 5.88 Å². The van der Waals surface area contributed by atoms with E-state index in [4.69, 9.17) is 11.6 Å². The van der Waals surface area contributed by atoms with E-state index < -0.39 is 0 Å². The quantitative estimate of drug-likeness (QED) is 0.820. The van der Waals surface area contributed by atoms with Crippen molar-refractivity contribution in [1.82, 2.24) is 4.90 Å². The summed E-state index contributed by atoms with van der Waals surface area (Å²) in [6.07, 6.45) is 1.27. The third kappa shape index (κ3) is 2.99. The van der Waals surface area contributed by atoms with Gasteiger partial charge in [0.1, 0.15) is 0 Å². The van der Waals surface area contributed by atoms with Crippen molar-refractivity contribution in [2.45, 2.75) is 24.8 Å². The predicted molar refractivity (Wildman–Crippen MR) is 67.1 cm³/mol. The molecule has 17 heavy (non-hydrogen) atoms. The monoisotopic (exact) mass is 253 g/mol. The highest BCUT2D eigenvalue weighted by molar-refractivity contribution is 6.17. The number of benzene rings is 1. The number of carbonyl (C=O) groups excluding carboxylic acids is 1. The van der Waals surface area contributed by atoms with Gasteiger partial charge in [-0.3, -0.25) is 4.79 Å². The van der Waals surface area contributed by atoms with E-state index in [2.05, 4.69) is 0 Å². The Bertz CT molecular complexity index is 391. The molecule has 0 spiro atoms. The molecule has 92 valence electrons. The minimum Gasteiger partial charge on any atom is -0.391 e. The Hall–Kier alpha value is -1.06. The Morgan fingerprint density at radius 3 is 2.71 bits per heavy atom. The molecule has 1 unspecified atom stereocenters. The molecule has 0 bridgehead atoms. The Labute approximate surface area is 106 Å². The summed E-state index contributed by atoms with van der Waals surface area (Å²) in [4.78, 5) is 13.8. The van der Waals surface area contributed by atoms with Gasteiger partial charge in [-0.1, -0.05) is 12.1 Å². The Balaban J connectivity index is 2.07. The van der Waals surface area contributed by atoms with E-state index in [1.807, 2.05) is 12.1 Å². The minimum atomic E-state index is -0.380. The SMILES string of the molecule is O=C(c1ccc(CCl)cc1)N1CCCC(O)C1. The highest BCUT2D eigenvalue weighted by Crippen LogP contribution is 2.14. The topological polar surface area (TPSA) is 40.5 Å². The predicted octanol–water partition coefficient (Wildman–Crippen LogP) is 2.02. The molecule has 2 rings (SSSR count). The Morgan fingerprint density at radius 2 is 2.12 bits per heavy atom. The van der Waals surface area contributed by atoms with Crippen molar-refractivity contribution in [2.75, 3.05) is 13.1 Å². The van der Waals surface area contributed by atoms with E-state index in [1.54, 1.807) is 17.0 Å². The van der Waals surface area contributed by atoms with Gasteiger partial charge in [-0.2, -0.15) is 0 Å². The van der Waals surface area contributed by atoms with Crippen LogP contribution < -0.4 is 0 Å². The molecule has 1 saturated heterocycles. The van der Waals surface area contributed by atoms with Crippen LogP contribution in [0.4, 0.5) is 0 Å². The third-order valence-electron chi connectivity index (χ3n) is 3.04. The fourth-order valence-corrected chi connectivity index (χ4v) is 2.24. The summed E-state index contributed by atoms with van der Waals surface area (Å²) >= 11 is 5.70. The first-order valence-corrected chi connectivity index (χ1v) is 6.36. The molecule has 1 heterocycles. The van der Waals surface area contributed by atoms with Crippen molar-refractivity contribution in [3.63, 3.8) is 0 Å². The molecule has 0 aromatic heterocycles. The number of rotatable bonds is 2. The maximum Gasteiger partial charge on any atom is 0.253 e. The van der Waals surface area contributed by atoms with Gasteiger partial charge in [-0.15, -0.1) is 11.6 Å².